The molecule has 2 aromatic carbocycles. The monoisotopic (exact) mass is 565 g/mol. The summed E-state index contributed by atoms with van der Waals surface area (Å²) in [6.45, 7) is 0. The van der Waals surface area contributed by atoms with Crippen LogP contribution in [0.15, 0.2) is 48.7 Å². The number of aromatic nitrogens is 2. The van der Waals surface area contributed by atoms with Crippen molar-refractivity contribution in [1.29, 1.82) is 0 Å². The second-order valence-corrected chi connectivity index (χ2v) is 10.9. The Labute approximate surface area is 223 Å². The number of hydrogen-bond acceptors (Lipinski definition) is 8. The predicted octanol–water partition coefficient (Wildman–Crippen LogP) is 3.54. The SMILES string of the molecule is CNC(=O)c1ccc(Nc2ncc(C(F)(F)F)c(O[C@@H]3Cc4ccccc4[C@H]3N(C)S(C)(=O)=O)n2)c(OC)c1. The summed E-state index contributed by atoms with van der Waals surface area (Å²) in [6.07, 6.45) is -4.06. The summed E-state index contributed by atoms with van der Waals surface area (Å²) in [5.74, 6) is -1.12. The first kappa shape index (κ1) is 28.1. The number of amides is 1. The van der Waals surface area contributed by atoms with Crippen LogP contribution in [-0.2, 0) is 22.6 Å². The molecular weight excluding hydrogens is 539 g/mol. The van der Waals surface area contributed by atoms with Crippen molar-refractivity contribution in [2.75, 3.05) is 32.8 Å². The number of rotatable bonds is 8. The van der Waals surface area contributed by atoms with Crippen molar-refractivity contribution in [1.82, 2.24) is 19.6 Å². The second kappa shape index (κ2) is 10.7. The molecule has 1 amide bonds. The minimum Gasteiger partial charge on any atom is -0.495 e. The Balaban J connectivity index is 1.71. The summed E-state index contributed by atoms with van der Waals surface area (Å²) < 4.78 is 78.7. The molecule has 208 valence electrons. The lowest BCUT2D eigenvalue weighted by molar-refractivity contribution is -0.140. The average molecular weight is 566 g/mol. The Kier molecular flexibility index (Phi) is 7.70. The number of nitrogens with one attached hydrogen (secondary N) is 2. The Morgan fingerprint density at radius 1 is 1.18 bits per heavy atom. The summed E-state index contributed by atoms with van der Waals surface area (Å²) in [7, 11) is 0.474. The fourth-order valence-corrected chi connectivity index (χ4v) is 5.00. The molecule has 0 radical (unpaired) electrons. The number of carbonyl (C=O) groups excluding carboxylic acids is 1. The van der Waals surface area contributed by atoms with Crippen molar-refractivity contribution in [3.63, 3.8) is 0 Å². The van der Waals surface area contributed by atoms with E-state index in [1.165, 1.54) is 39.4 Å². The molecule has 10 nitrogen and oxygen atoms in total. The highest BCUT2D eigenvalue weighted by Gasteiger charge is 2.43. The molecule has 0 saturated heterocycles. The molecule has 4 rings (SSSR count). The van der Waals surface area contributed by atoms with E-state index >= 15 is 0 Å². The van der Waals surface area contributed by atoms with Gasteiger partial charge in [0.2, 0.25) is 21.9 Å². The summed E-state index contributed by atoms with van der Waals surface area (Å²) >= 11 is 0. The zero-order valence-corrected chi connectivity index (χ0v) is 22.2. The van der Waals surface area contributed by atoms with Gasteiger partial charge in [-0.1, -0.05) is 24.3 Å². The van der Waals surface area contributed by atoms with Crippen LogP contribution in [0.3, 0.4) is 0 Å². The van der Waals surface area contributed by atoms with E-state index in [2.05, 4.69) is 20.6 Å². The highest BCUT2D eigenvalue weighted by atomic mass is 32.2. The normalized spacial score (nSPS) is 17.0. The maximum atomic E-state index is 13.9. The van der Waals surface area contributed by atoms with Gasteiger partial charge in [-0.2, -0.15) is 22.5 Å². The number of nitrogens with zero attached hydrogens (tertiary/aromatic N) is 3. The van der Waals surface area contributed by atoms with E-state index in [0.29, 0.717) is 23.0 Å². The second-order valence-electron chi connectivity index (χ2n) is 8.81. The Morgan fingerprint density at radius 3 is 2.54 bits per heavy atom. The van der Waals surface area contributed by atoms with Crippen molar-refractivity contribution >= 4 is 27.6 Å². The molecule has 14 heteroatoms. The van der Waals surface area contributed by atoms with E-state index in [4.69, 9.17) is 9.47 Å². The fourth-order valence-electron chi connectivity index (χ4n) is 4.33. The number of fused-ring (bicyclic) bond motifs is 1. The predicted molar refractivity (Wildman–Crippen MR) is 137 cm³/mol. The minimum absolute atomic E-state index is 0.166. The highest BCUT2D eigenvalue weighted by Crippen LogP contribution is 2.42. The third-order valence-electron chi connectivity index (χ3n) is 6.32. The van der Waals surface area contributed by atoms with E-state index in [1.807, 2.05) is 0 Å². The van der Waals surface area contributed by atoms with Crippen molar-refractivity contribution < 1.29 is 35.9 Å². The fraction of sp³-hybridized carbons (Fsp3) is 0.320. The molecule has 0 aliphatic heterocycles. The number of likely N-dealkylation sites (N-methyl/N-ethyl adjacent to an activating group) is 1. The van der Waals surface area contributed by atoms with E-state index in [-0.39, 0.29) is 24.0 Å². The molecule has 0 saturated carbocycles. The topological polar surface area (TPSA) is 123 Å². The van der Waals surface area contributed by atoms with Gasteiger partial charge in [-0.05, 0) is 29.3 Å². The first-order valence-electron chi connectivity index (χ1n) is 11.6. The first-order valence-corrected chi connectivity index (χ1v) is 13.5. The van der Waals surface area contributed by atoms with Gasteiger partial charge in [0, 0.05) is 32.3 Å². The minimum atomic E-state index is -4.84. The van der Waals surface area contributed by atoms with Crippen molar-refractivity contribution in [2.45, 2.75) is 24.7 Å². The molecule has 2 N–H and O–H groups in total. The Hall–Kier alpha value is -3.91. The van der Waals surface area contributed by atoms with Gasteiger partial charge in [0.1, 0.15) is 17.4 Å². The Morgan fingerprint density at radius 2 is 1.90 bits per heavy atom. The molecule has 3 aromatic rings. The quantitative estimate of drug-likeness (QED) is 0.425. The average Bonchev–Trinajstić information content (AvgIpc) is 3.24. The van der Waals surface area contributed by atoms with Crippen LogP contribution in [0.2, 0.25) is 0 Å². The molecular formula is C25H26F3N5O5S. The maximum absolute atomic E-state index is 13.9. The molecule has 0 fully saturated rings. The molecule has 39 heavy (non-hydrogen) atoms. The number of sulfonamides is 1. The zero-order chi connectivity index (χ0) is 28.5. The number of methoxy groups -OCH3 is 1. The molecule has 0 bridgehead atoms. The maximum Gasteiger partial charge on any atom is 0.423 e. The lowest BCUT2D eigenvalue weighted by Gasteiger charge is -2.29. The van der Waals surface area contributed by atoms with Crippen molar-refractivity contribution in [3.05, 3.63) is 70.9 Å². The lowest BCUT2D eigenvalue weighted by atomic mass is 10.1. The number of carbonyl (C=O) groups is 1. The van der Waals surface area contributed by atoms with Gasteiger partial charge < -0.3 is 20.1 Å². The first-order chi connectivity index (χ1) is 18.3. The molecule has 1 aliphatic carbocycles. The number of ether oxygens (including phenoxy) is 2. The largest absolute Gasteiger partial charge is 0.495 e. The Bertz CT molecular complexity index is 1500. The van der Waals surface area contributed by atoms with Gasteiger partial charge >= 0.3 is 6.18 Å². The van der Waals surface area contributed by atoms with Crippen LogP contribution >= 0.6 is 0 Å². The molecule has 1 aliphatic rings. The number of alkyl halides is 3. The van der Waals surface area contributed by atoms with Crippen LogP contribution in [0.25, 0.3) is 0 Å². The summed E-state index contributed by atoms with van der Waals surface area (Å²) in [5.41, 5.74) is 0.770. The van der Waals surface area contributed by atoms with Gasteiger partial charge in [-0.25, -0.2) is 13.4 Å². The number of anilines is 2. The van der Waals surface area contributed by atoms with Gasteiger partial charge in [0.05, 0.1) is 25.1 Å². The van der Waals surface area contributed by atoms with Gasteiger partial charge in [0.25, 0.3) is 5.91 Å². The van der Waals surface area contributed by atoms with Crippen molar-refractivity contribution in [3.8, 4) is 11.6 Å². The number of halogens is 3. The van der Waals surface area contributed by atoms with Crippen LogP contribution in [0.5, 0.6) is 11.6 Å². The van der Waals surface area contributed by atoms with Crippen LogP contribution in [0.1, 0.15) is 33.1 Å². The molecule has 0 unspecified atom stereocenters. The summed E-state index contributed by atoms with van der Waals surface area (Å²) in [4.78, 5) is 19.7. The van der Waals surface area contributed by atoms with Gasteiger partial charge in [-0.15, -0.1) is 0 Å². The smallest absolute Gasteiger partial charge is 0.423 e. The molecule has 0 spiro atoms. The standard InChI is InChI=1S/C25H26F3N5O5S/c1-29-22(34)15-9-10-18(19(12-15)37-3)31-24-30-13-17(25(26,27)28)23(32-24)38-20-11-14-7-5-6-8-16(14)21(20)33(2)39(4,35)36/h5-10,12-13,20-21H,11H2,1-4H3,(H,29,34)(H,30,31,32)/t20-,21-/m1/s1. The lowest BCUT2D eigenvalue weighted by Crippen LogP contribution is -2.38. The zero-order valence-electron chi connectivity index (χ0n) is 21.4. The van der Waals surface area contributed by atoms with Crippen LogP contribution in [0, 0.1) is 0 Å². The van der Waals surface area contributed by atoms with Crippen molar-refractivity contribution in [2.24, 2.45) is 0 Å². The third kappa shape index (κ3) is 5.91. The molecule has 2 atom stereocenters. The van der Waals surface area contributed by atoms with Gasteiger partial charge in [-0.3, -0.25) is 4.79 Å². The van der Waals surface area contributed by atoms with E-state index < -0.39 is 39.8 Å². The number of hydrogen-bond donors (Lipinski definition) is 2. The van der Waals surface area contributed by atoms with Crippen LogP contribution in [-0.4, -0.2) is 62.2 Å². The van der Waals surface area contributed by atoms with Gasteiger partial charge in [0.15, 0.2) is 0 Å². The highest BCUT2D eigenvalue weighted by molar-refractivity contribution is 7.88. The molecule has 1 aromatic heterocycles. The summed E-state index contributed by atoms with van der Waals surface area (Å²) in [6, 6.07) is 10.5. The van der Waals surface area contributed by atoms with E-state index in [9.17, 15) is 26.4 Å². The van der Waals surface area contributed by atoms with E-state index in [1.54, 1.807) is 24.3 Å². The third-order valence-corrected chi connectivity index (χ3v) is 7.59. The van der Waals surface area contributed by atoms with Crippen LogP contribution < -0.4 is 20.1 Å². The van der Waals surface area contributed by atoms with Crippen LogP contribution in [0.4, 0.5) is 24.8 Å². The summed E-state index contributed by atoms with van der Waals surface area (Å²) in [5, 5.41) is 5.28. The molecule has 1 heterocycles. The van der Waals surface area contributed by atoms with E-state index in [0.717, 1.165) is 16.1 Å². The number of benzene rings is 2.